The highest BCUT2D eigenvalue weighted by atomic mass is 32.1. The quantitative estimate of drug-likeness (QED) is 0.686. The molecule has 2 aromatic carbocycles. The van der Waals surface area contributed by atoms with Gasteiger partial charge in [-0.2, -0.15) is 0 Å². The van der Waals surface area contributed by atoms with E-state index in [4.69, 9.17) is 4.74 Å². The van der Waals surface area contributed by atoms with Gasteiger partial charge in [0, 0.05) is 17.5 Å². The molecule has 0 bridgehead atoms. The van der Waals surface area contributed by atoms with Gasteiger partial charge in [0.2, 0.25) is 0 Å². The number of hydrogen-bond donors (Lipinski definition) is 1. The summed E-state index contributed by atoms with van der Waals surface area (Å²) in [6, 6.07) is 13.8. The van der Waals surface area contributed by atoms with E-state index >= 15 is 0 Å². The summed E-state index contributed by atoms with van der Waals surface area (Å²) in [5, 5.41) is 5.23. The highest BCUT2D eigenvalue weighted by Crippen LogP contribution is 2.26. The number of benzene rings is 2. The third-order valence-corrected chi connectivity index (χ3v) is 4.44. The summed E-state index contributed by atoms with van der Waals surface area (Å²) < 4.78 is 18.8. The first-order valence-corrected chi connectivity index (χ1v) is 9.14. The molecule has 4 nitrogen and oxygen atoms in total. The number of halogens is 1. The maximum atomic E-state index is 13.2. The third-order valence-electron chi connectivity index (χ3n) is 3.55. The van der Waals surface area contributed by atoms with Crippen LogP contribution >= 0.6 is 11.3 Å². The number of hydrogen-bond acceptors (Lipinski definition) is 4. The molecule has 1 aromatic heterocycles. The van der Waals surface area contributed by atoms with Crippen molar-refractivity contribution in [3.63, 3.8) is 0 Å². The molecule has 3 rings (SSSR count). The SMILES string of the molecule is CC(C)Oc1ccc(-c2nc(C(=O)NCc3cccc(F)c3)cs2)cc1. The van der Waals surface area contributed by atoms with Crippen LogP contribution in [0.5, 0.6) is 5.75 Å². The van der Waals surface area contributed by atoms with Gasteiger partial charge in [0.25, 0.3) is 5.91 Å². The Labute approximate surface area is 155 Å². The summed E-state index contributed by atoms with van der Waals surface area (Å²) in [5.41, 5.74) is 1.98. The number of nitrogens with zero attached hydrogens (tertiary/aromatic N) is 1. The lowest BCUT2D eigenvalue weighted by molar-refractivity contribution is 0.0946. The fourth-order valence-corrected chi connectivity index (χ4v) is 3.18. The monoisotopic (exact) mass is 370 g/mol. The predicted molar refractivity (Wildman–Crippen MR) is 101 cm³/mol. The van der Waals surface area contributed by atoms with Crippen LogP contribution in [-0.2, 0) is 6.54 Å². The average Bonchev–Trinajstić information content (AvgIpc) is 3.10. The summed E-state index contributed by atoms with van der Waals surface area (Å²) in [5.74, 6) is 0.197. The smallest absolute Gasteiger partial charge is 0.271 e. The molecule has 0 spiro atoms. The maximum absolute atomic E-state index is 13.2. The molecule has 3 aromatic rings. The second kappa shape index (κ2) is 8.10. The molecule has 26 heavy (non-hydrogen) atoms. The van der Waals surface area contributed by atoms with Crippen LogP contribution in [0.2, 0.25) is 0 Å². The summed E-state index contributed by atoms with van der Waals surface area (Å²) in [7, 11) is 0. The minimum atomic E-state index is -0.322. The molecular weight excluding hydrogens is 351 g/mol. The first-order valence-electron chi connectivity index (χ1n) is 8.26. The number of aromatic nitrogens is 1. The van der Waals surface area contributed by atoms with E-state index < -0.39 is 0 Å². The lowest BCUT2D eigenvalue weighted by Gasteiger charge is -2.09. The van der Waals surface area contributed by atoms with Gasteiger partial charge in [-0.3, -0.25) is 4.79 Å². The molecule has 6 heteroatoms. The number of thiazole rings is 1. The Hall–Kier alpha value is -2.73. The summed E-state index contributed by atoms with van der Waals surface area (Å²) >= 11 is 1.40. The molecule has 0 fully saturated rings. The van der Waals surface area contributed by atoms with Crippen molar-refractivity contribution in [2.24, 2.45) is 0 Å². The zero-order valence-electron chi connectivity index (χ0n) is 14.5. The molecule has 1 heterocycles. The number of ether oxygens (including phenoxy) is 1. The molecule has 134 valence electrons. The largest absolute Gasteiger partial charge is 0.491 e. The lowest BCUT2D eigenvalue weighted by Crippen LogP contribution is -2.23. The van der Waals surface area contributed by atoms with E-state index in [2.05, 4.69) is 10.3 Å². The van der Waals surface area contributed by atoms with Gasteiger partial charge >= 0.3 is 0 Å². The normalized spacial score (nSPS) is 10.8. The Bertz CT molecular complexity index is 891. The Morgan fingerprint density at radius 3 is 2.69 bits per heavy atom. The highest BCUT2D eigenvalue weighted by Gasteiger charge is 2.12. The number of carbonyl (C=O) groups is 1. The summed E-state index contributed by atoms with van der Waals surface area (Å²) in [6.45, 7) is 4.21. The zero-order chi connectivity index (χ0) is 18.5. The highest BCUT2D eigenvalue weighted by molar-refractivity contribution is 7.13. The van der Waals surface area contributed by atoms with Crippen LogP contribution in [0.4, 0.5) is 4.39 Å². The van der Waals surface area contributed by atoms with Crippen molar-refractivity contribution in [1.82, 2.24) is 10.3 Å². The van der Waals surface area contributed by atoms with Crippen molar-refractivity contribution < 1.29 is 13.9 Å². The first-order chi connectivity index (χ1) is 12.5. The Balaban J connectivity index is 1.64. The van der Waals surface area contributed by atoms with Crippen molar-refractivity contribution in [1.29, 1.82) is 0 Å². The summed E-state index contributed by atoms with van der Waals surface area (Å²) in [6.07, 6.45) is 0.120. The van der Waals surface area contributed by atoms with E-state index in [9.17, 15) is 9.18 Å². The van der Waals surface area contributed by atoms with Crippen LogP contribution in [-0.4, -0.2) is 17.0 Å². The molecule has 0 radical (unpaired) electrons. The van der Waals surface area contributed by atoms with Gasteiger partial charge in [-0.1, -0.05) is 12.1 Å². The van der Waals surface area contributed by atoms with E-state index in [0.717, 1.165) is 16.3 Å². The van der Waals surface area contributed by atoms with E-state index in [1.807, 2.05) is 38.1 Å². The van der Waals surface area contributed by atoms with Crippen LogP contribution < -0.4 is 10.1 Å². The maximum Gasteiger partial charge on any atom is 0.271 e. The molecule has 0 saturated heterocycles. The van der Waals surface area contributed by atoms with E-state index in [-0.39, 0.29) is 24.4 Å². The van der Waals surface area contributed by atoms with Gasteiger partial charge in [-0.15, -0.1) is 11.3 Å². The molecule has 0 aliphatic rings. The Morgan fingerprint density at radius 1 is 1.23 bits per heavy atom. The van der Waals surface area contributed by atoms with Crippen LogP contribution in [0.3, 0.4) is 0 Å². The first kappa shape index (κ1) is 18.1. The number of carbonyl (C=O) groups excluding carboxylic acids is 1. The Kier molecular flexibility index (Phi) is 5.63. The van der Waals surface area contributed by atoms with E-state index in [1.54, 1.807) is 17.5 Å². The van der Waals surface area contributed by atoms with Gasteiger partial charge in [-0.25, -0.2) is 9.37 Å². The van der Waals surface area contributed by atoms with Crippen LogP contribution in [0.1, 0.15) is 29.9 Å². The average molecular weight is 370 g/mol. The molecule has 0 aliphatic carbocycles. The predicted octanol–water partition coefficient (Wildman–Crippen LogP) is 4.67. The zero-order valence-corrected chi connectivity index (χ0v) is 15.3. The summed E-state index contributed by atoms with van der Waals surface area (Å²) in [4.78, 5) is 16.6. The van der Waals surface area contributed by atoms with Crippen molar-refractivity contribution in [2.45, 2.75) is 26.5 Å². The van der Waals surface area contributed by atoms with E-state index in [0.29, 0.717) is 11.3 Å². The minimum Gasteiger partial charge on any atom is -0.491 e. The fraction of sp³-hybridized carbons (Fsp3) is 0.200. The van der Waals surface area contributed by atoms with Crippen LogP contribution in [0.25, 0.3) is 10.6 Å². The minimum absolute atomic E-state index is 0.120. The van der Waals surface area contributed by atoms with E-state index in [1.165, 1.54) is 23.5 Å². The van der Waals surface area contributed by atoms with Gasteiger partial charge < -0.3 is 10.1 Å². The second-order valence-electron chi connectivity index (χ2n) is 6.04. The van der Waals surface area contributed by atoms with Crippen molar-refractivity contribution in [2.75, 3.05) is 0 Å². The van der Waals surface area contributed by atoms with Gasteiger partial charge in [-0.05, 0) is 55.8 Å². The Morgan fingerprint density at radius 2 is 2.00 bits per heavy atom. The topological polar surface area (TPSA) is 51.2 Å². The molecule has 0 atom stereocenters. The molecule has 0 aliphatic heterocycles. The van der Waals surface area contributed by atoms with Gasteiger partial charge in [0.05, 0.1) is 6.10 Å². The van der Waals surface area contributed by atoms with Gasteiger partial charge in [0.1, 0.15) is 22.3 Å². The fourth-order valence-electron chi connectivity index (χ4n) is 2.38. The number of amides is 1. The number of rotatable bonds is 6. The molecular formula is C20H19FN2O2S. The molecule has 0 saturated carbocycles. The molecule has 1 amide bonds. The second-order valence-corrected chi connectivity index (χ2v) is 6.90. The number of nitrogens with one attached hydrogen (secondary N) is 1. The van der Waals surface area contributed by atoms with Crippen molar-refractivity contribution in [3.8, 4) is 16.3 Å². The third kappa shape index (κ3) is 4.67. The lowest BCUT2D eigenvalue weighted by atomic mass is 10.2. The van der Waals surface area contributed by atoms with Crippen molar-refractivity contribution >= 4 is 17.2 Å². The molecule has 1 N–H and O–H groups in total. The van der Waals surface area contributed by atoms with Crippen LogP contribution in [0.15, 0.2) is 53.9 Å². The van der Waals surface area contributed by atoms with Crippen LogP contribution in [0, 0.1) is 5.82 Å². The van der Waals surface area contributed by atoms with Gasteiger partial charge in [0.15, 0.2) is 0 Å². The molecule has 0 unspecified atom stereocenters. The van der Waals surface area contributed by atoms with Crippen molar-refractivity contribution in [3.05, 3.63) is 71.0 Å². The standard InChI is InChI=1S/C20H19FN2O2S/c1-13(2)25-17-8-6-15(7-9-17)20-23-18(12-26-20)19(24)22-11-14-4-3-5-16(21)10-14/h3-10,12-13H,11H2,1-2H3,(H,22,24).